The van der Waals surface area contributed by atoms with E-state index in [4.69, 9.17) is 22.1 Å². The molecule has 21 heavy (non-hydrogen) atoms. The number of aliphatic hydroxyl groups excluding tert-OH is 2. The van der Waals surface area contributed by atoms with Gasteiger partial charge in [0.25, 0.3) is 5.56 Å². The zero-order valence-corrected chi connectivity index (χ0v) is 11.1. The summed E-state index contributed by atoms with van der Waals surface area (Å²) in [4.78, 5) is 13.1. The van der Waals surface area contributed by atoms with Crippen LogP contribution in [0.5, 0.6) is 0 Å². The second-order valence-electron chi connectivity index (χ2n) is 4.49. The highest BCUT2D eigenvalue weighted by atomic mass is 32.1. The third-order valence-electron chi connectivity index (χ3n) is 3.22. The van der Waals surface area contributed by atoms with Gasteiger partial charge >= 0.3 is 6.18 Å². The molecule has 2 rings (SSSR count). The molecule has 4 N–H and O–H groups in total. The highest BCUT2D eigenvalue weighted by Crippen LogP contribution is 2.48. The lowest BCUT2D eigenvalue weighted by atomic mass is 9.93. The number of hydrogen-bond acceptors (Lipinski definition) is 6. The third kappa shape index (κ3) is 2.40. The van der Waals surface area contributed by atoms with Gasteiger partial charge in [-0.1, -0.05) is 0 Å². The van der Waals surface area contributed by atoms with Crippen molar-refractivity contribution >= 4 is 12.2 Å². The van der Waals surface area contributed by atoms with Crippen LogP contribution in [-0.4, -0.2) is 55.5 Å². The Morgan fingerprint density at radius 2 is 2.14 bits per heavy atom. The van der Waals surface area contributed by atoms with Crippen LogP contribution in [0.15, 0.2) is 17.1 Å². The number of aromatic nitrogens is 2. The average Bonchev–Trinajstić information content (AvgIpc) is 2.63. The molecule has 1 aliphatic rings. The van der Waals surface area contributed by atoms with Crippen molar-refractivity contribution in [2.24, 2.45) is 0 Å². The Kier molecular flexibility index (Phi) is 3.97. The minimum Gasteiger partial charge on any atom is -0.394 e. The monoisotopic (exact) mass is 328 g/mol. The van der Waals surface area contributed by atoms with Gasteiger partial charge < -0.3 is 20.1 Å². The molecule has 4 atom stereocenters. The summed E-state index contributed by atoms with van der Waals surface area (Å²) >= 11 is 4.72. The summed E-state index contributed by atoms with van der Waals surface area (Å²) in [5.74, 6) is 0. The van der Waals surface area contributed by atoms with Gasteiger partial charge in [-0.15, -0.1) is 0 Å². The fourth-order valence-electron chi connectivity index (χ4n) is 2.11. The molecule has 1 aromatic rings. The van der Waals surface area contributed by atoms with E-state index in [1.165, 1.54) is 0 Å². The number of ether oxygens (including phenoxy) is 1. The van der Waals surface area contributed by atoms with Crippen LogP contribution in [0, 0.1) is 4.77 Å². The molecule has 1 aliphatic heterocycles. The van der Waals surface area contributed by atoms with Crippen LogP contribution in [0.25, 0.3) is 0 Å². The standard InChI is InChI=1S/C10H11F3N2O5S/c11-10(12,13)9(19)6(18)4(3-16)20-7(9)15-2-1-5(17)14-8(15)21/h1-2,4,6-7,16,18-19H,3H2,(H,14,17,21)/t4-,6?,7-,9?/m1/s1. The van der Waals surface area contributed by atoms with Crippen molar-refractivity contribution < 1.29 is 33.2 Å². The maximum Gasteiger partial charge on any atom is 0.424 e. The Morgan fingerprint density at radius 3 is 2.62 bits per heavy atom. The summed E-state index contributed by atoms with van der Waals surface area (Å²) in [5.41, 5.74) is -4.33. The predicted octanol–water partition coefficient (Wildman–Crippen LogP) is -0.550. The molecule has 0 amide bonds. The van der Waals surface area contributed by atoms with Crippen LogP contribution in [-0.2, 0) is 4.74 Å². The maximum atomic E-state index is 13.2. The van der Waals surface area contributed by atoms with Gasteiger partial charge in [0.05, 0.1) is 6.61 Å². The summed E-state index contributed by atoms with van der Waals surface area (Å²) < 4.78 is 44.6. The molecule has 1 fully saturated rings. The second kappa shape index (κ2) is 5.18. The normalized spacial score (nSPS) is 33.3. The Balaban J connectivity index is 2.60. The van der Waals surface area contributed by atoms with Gasteiger partial charge in [0.2, 0.25) is 5.60 Å². The van der Waals surface area contributed by atoms with E-state index in [0.29, 0.717) is 4.57 Å². The molecule has 1 saturated heterocycles. The number of hydrogen-bond donors (Lipinski definition) is 4. The van der Waals surface area contributed by atoms with E-state index in [9.17, 15) is 28.2 Å². The van der Waals surface area contributed by atoms with Crippen LogP contribution in [0.1, 0.15) is 6.23 Å². The zero-order valence-electron chi connectivity index (χ0n) is 10.2. The molecule has 0 saturated carbocycles. The van der Waals surface area contributed by atoms with Crippen molar-refractivity contribution in [1.29, 1.82) is 0 Å². The summed E-state index contributed by atoms with van der Waals surface area (Å²) in [6, 6.07) is 0.884. The molecule has 118 valence electrons. The number of nitrogens with one attached hydrogen (secondary N) is 1. The molecule has 0 aliphatic carbocycles. The van der Waals surface area contributed by atoms with E-state index in [-0.39, 0.29) is 0 Å². The quantitative estimate of drug-likeness (QED) is 0.543. The van der Waals surface area contributed by atoms with Gasteiger partial charge in [-0.05, 0) is 12.2 Å². The molecule has 0 bridgehead atoms. The maximum absolute atomic E-state index is 13.2. The number of aliphatic hydroxyl groups is 3. The Labute approximate surface area is 120 Å². The largest absolute Gasteiger partial charge is 0.424 e. The lowest BCUT2D eigenvalue weighted by molar-refractivity contribution is -0.304. The molecule has 1 aromatic heterocycles. The molecule has 0 radical (unpaired) electrons. The molecular formula is C10H11F3N2O5S. The molecule has 11 heteroatoms. The van der Waals surface area contributed by atoms with Crippen molar-refractivity contribution in [2.75, 3.05) is 6.61 Å². The number of nitrogens with zero attached hydrogens (tertiary/aromatic N) is 1. The van der Waals surface area contributed by atoms with Gasteiger partial charge in [0, 0.05) is 12.3 Å². The van der Waals surface area contributed by atoms with Crippen LogP contribution in [0.3, 0.4) is 0 Å². The van der Waals surface area contributed by atoms with Gasteiger partial charge in [0.1, 0.15) is 12.2 Å². The number of halogens is 3. The first kappa shape index (κ1) is 16.1. The fraction of sp³-hybridized carbons (Fsp3) is 0.600. The zero-order chi connectivity index (χ0) is 16.0. The summed E-state index contributed by atoms with van der Waals surface area (Å²) in [6.07, 6.45) is -10.6. The molecule has 0 spiro atoms. The van der Waals surface area contributed by atoms with E-state index >= 15 is 0 Å². The smallest absolute Gasteiger partial charge is 0.394 e. The van der Waals surface area contributed by atoms with Crippen LogP contribution < -0.4 is 5.56 Å². The van der Waals surface area contributed by atoms with Crippen LogP contribution in [0.2, 0.25) is 0 Å². The van der Waals surface area contributed by atoms with Gasteiger partial charge in [-0.3, -0.25) is 14.3 Å². The van der Waals surface area contributed by atoms with Crippen LogP contribution in [0.4, 0.5) is 13.2 Å². The Bertz CT molecular complexity index is 645. The molecule has 2 unspecified atom stereocenters. The third-order valence-corrected chi connectivity index (χ3v) is 3.53. The van der Waals surface area contributed by atoms with Crippen molar-refractivity contribution in [3.63, 3.8) is 0 Å². The van der Waals surface area contributed by atoms with E-state index < -0.39 is 47.2 Å². The van der Waals surface area contributed by atoms with E-state index in [1.54, 1.807) is 0 Å². The van der Waals surface area contributed by atoms with Crippen molar-refractivity contribution in [3.05, 3.63) is 27.4 Å². The number of rotatable bonds is 2. The molecule has 2 heterocycles. The highest BCUT2D eigenvalue weighted by Gasteiger charge is 2.70. The average molecular weight is 328 g/mol. The summed E-state index contributed by atoms with van der Waals surface area (Å²) in [7, 11) is 0. The molecule has 7 nitrogen and oxygen atoms in total. The highest BCUT2D eigenvalue weighted by molar-refractivity contribution is 7.71. The van der Waals surface area contributed by atoms with E-state index in [2.05, 4.69) is 4.98 Å². The van der Waals surface area contributed by atoms with Gasteiger partial charge in [-0.25, -0.2) is 0 Å². The Hall–Kier alpha value is -1.27. The summed E-state index contributed by atoms with van der Waals surface area (Å²) in [5, 5.41) is 28.5. The van der Waals surface area contributed by atoms with Crippen molar-refractivity contribution in [3.8, 4) is 0 Å². The minimum atomic E-state index is -5.26. The fourth-order valence-corrected chi connectivity index (χ4v) is 2.37. The van der Waals surface area contributed by atoms with Crippen LogP contribution >= 0.6 is 12.2 Å². The minimum absolute atomic E-state index is 0.430. The number of aromatic amines is 1. The Morgan fingerprint density at radius 1 is 1.52 bits per heavy atom. The number of alkyl halides is 3. The molecular weight excluding hydrogens is 317 g/mol. The second-order valence-corrected chi connectivity index (χ2v) is 4.88. The lowest BCUT2D eigenvalue weighted by Gasteiger charge is -2.33. The predicted molar refractivity (Wildman–Crippen MR) is 63.9 cm³/mol. The first-order chi connectivity index (χ1) is 9.62. The van der Waals surface area contributed by atoms with Crippen molar-refractivity contribution in [1.82, 2.24) is 9.55 Å². The van der Waals surface area contributed by atoms with E-state index in [0.717, 1.165) is 12.3 Å². The SMILES string of the molecule is O=c1ccn([C@@H]2O[C@H](CO)C(O)C2(O)C(F)(F)F)c(=S)[nH]1. The molecule has 0 aromatic carbocycles. The van der Waals surface area contributed by atoms with E-state index in [1.807, 2.05) is 0 Å². The van der Waals surface area contributed by atoms with Crippen molar-refractivity contribution in [2.45, 2.75) is 30.2 Å². The summed E-state index contributed by atoms with van der Waals surface area (Å²) in [6.45, 7) is -0.938. The first-order valence-electron chi connectivity index (χ1n) is 5.68. The topological polar surface area (TPSA) is 108 Å². The van der Waals surface area contributed by atoms with Gasteiger partial charge in [-0.2, -0.15) is 13.2 Å². The lowest BCUT2D eigenvalue weighted by Crippen LogP contribution is -2.57. The first-order valence-corrected chi connectivity index (χ1v) is 6.08. The number of H-pyrrole nitrogens is 1. The van der Waals surface area contributed by atoms with Gasteiger partial charge in [0.15, 0.2) is 11.0 Å².